The fourth-order valence-corrected chi connectivity index (χ4v) is 3.71. The minimum absolute atomic E-state index is 0.197. The quantitative estimate of drug-likeness (QED) is 0.522. The first-order valence-electron chi connectivity index (χ1n) is 7.45. The topological polar surface area (TPSA) is 47.3 Å². The van der Waals surface area contributed by atoms with Crippen LogP contribution in [0.1, 0.15) is 11.1 Å². The van der Waals surface area contributed by atoms with E-state index in [-0.39, 0.29) is 5.56 Å². The lowest BCUT2D eigenvalue weighted by atomic mass is 10.1. The summed E-state index contributed by atoms with van der Waals surface area (Å²) in [7, 11) is 0. The molecule has 124 valence electrons. The Morgan fingerprint density at radius 3 is 2.68 bits per heavy atom. The van der Waals surface area contributed by atoms with Crippen LogP contribution >= 0.6 is 34.5 Å². The molecule has 4 rings (SSSR count). The highest BCUT2D eigenvalue weighted by molar-refractivity contribution is 7.15. The van der Waals surface area contributed by atoms with Crippen LogP contribution in [-0.2, 0) is 0 Å². The molecule has 0 saturated heterocycles. The summed E-state index contributed by atoms with van der Waals surface area (Å²) in [6.07, 6.45) is 1.76. The van der Waals surface area contributed by atoms with E-state index in [0.29, 0.717) is 25.4 Å². The van der Waals surface area contributed by atoms with E-state index in [1.54, 1.807) is 18.2 Å². The third-order valence-corrected chi connectivity index (χ3v) is 5.40. The lowest BCUT2D eigenvalue weighted by molar-refractivity contribution is 0.936. The van der Waals surface area contributed by atoms with Gasteiger partial charge in [-0.05, 0) is 36.8 Å². The molecular weight excluding hydrogens is 377 g/mol. The molecule has 0 saturated carbocycles. The van der Waals surface area contributed by atoms with E-state index in [0.717, 1.165) is 16.7 Å². The zero-order chi connectivity index (χ0) is 17.6. The number of benzene rings is 2. The van der Waals surface area contributed by atoms with Gasteiger partial charge in [-0.3, -0.25) is 4.79 Å². The van der Waals surface area contributed by atoms with Crippen LogP contribution in [0.4, 0.5) is 0 Å². The van der Waals surface area contributed by atoms with Crippen molar-refractivity contribution in [3.8, 4) is 11.4 Å². The number of halogens is 2. The van der Waals surface area contributed by atoms with Crippen LogP contribution in [0.2, 0.25) is 10.0 Å². The summed E-state index contributed by atoms with van der Waals surface area (Å²) in [5.74, 6) is 0.549. The molecule has 0 bridgehead atoms. The number of thiazole rings is 1. The summed E-state index contributed by atoms with van der Waals surface area (Å²) in [5.41, 5.74) is 2.62. The molecule has 0 amide bonds. The second-order valence-corrected chi connectivity index (χ2v) is 7.41. The number of rotatable bonds is 2. The normalized spacial score (nSPS) is 12.2. The predicted octanol–water partition coefficient (Wildman–Crippen LogP) is 3.98. The highest BCUT2D eigenvalue weighted by atomic mass is 35.5. The number of hydrogen-bond acceptors (Lipinski definition) is 4. The highest BCUT2D eigenvalue weighted by Gasteiger charge is 2.12. The first-order chi connectivity index (χ1) is 12.0. The van der Waals surface area contributed by atoms with Gasteiger partial charge in [0.2, 0.25) is 4.96 Å². The van der Waals surface area contributed by atoms with Crippen molar-refractivity contribution in [1.29, 1.82) is 0 Å². The molecule has 0 aliphatic heterocycles. The van der Waals surface area contributed by atoms with Crippen molar-refractivity contribution in [3.63, 3.8) is 0 Å². The van der Waals surface area contributed by atoms with Crippen LogP contribution in [0.25, 0.3) is 22.4 Å². The maximum absolute atomic E-state index is 12.6. The molecule has 0 atom stereocenters. The van der Waals surface area contributed by atoms with Crippen molar-refractivity contribution in [2.75, 3.05) is 0 Å². The summed E-state index contributed by atoms with van der Waals surface area (Å²) < 4.78 is 1.88. The lowest BCUT2D eigenvalue weighted by Crippen LogP contribution is -2.23. The summed E-state index contributed by atoms with van der Waals surface area (Å²) in [5, 5.41) is 5.28. The van der Waals surface area contributed by atoms with Gasteiger partial charge in [-0.25, -0.2) is 0 Å². The van der Waals surface area contributed by atoms with Crippen molar-refractivity contribution in [2.24, 2.45) is 0 Å². The molecule has 25 heavy (non-hydrogen) atoms. The van der Waals surface area contributed by atoms with E-state index < -0.39 is 0 Å². The Labute approximate surface area is 157 Å². The van der Waals surface area contributed by atoms with Crippen molar-refractivity contribution >= 4 is 45.6 Å². The van der Waals surface area contributed by atoms with Gasteiger partial charge in [-0.1, -0.05) is 64.4 Å². The van der Waals surface area contributed by atoms with Gasteiger partial charge in [0.15, 0.2) is 5.82 Å². The van der Waals surface area contributed by atoms with Crippen molar-refractivity contribution in [1.82, 2.24) is 14.6 Å². The van der Waals surface area contributed by atoms with Gasteiger partial charge in [0.05, 0.1) is 14.6 Å². The van der Waals surface area contributed by atoms with Crippen molar-refractivity contribution < 1.29 is 0 Å². The number of nitrogens with zero attached hydrogens (tertiary/aromatic N) is 3. The molecule has 2 heterocycles. The first kappa shape index (κ1) is 16.3. The fraction of sp³-hybridized carbons (Fsp3) is 0.0556. The van der Waals surface area contributed by atoms with E-state index >= 15 is 0 Å². The summed E-state index contributed by atoms with van der Waals surface area (Å²) in [6, 6.07) is 13.1. The third kappa shape index (κ3) is 3.06. The zero-order valence-electron chi connectivity index (χ0n) is 13.0. The number of aryl methyl sites for hydroxylation is 1. The second-order valence-electron chi connectivity index (χ2n) is 5.59. The van der Waals surface area contributed by atoms with E-state index in [1.807, 2.05) is 37.3 Å². The lowest BCUT2D eigenvalue weighted by Gasteiger charge is -1.96. The van der Waals surface area contributed by atoms with Gasteiger partial charge in [-0.15, -0.1) is 5.10 Å². The molecular formula is C18H11Cl2N3OS. The van der Waals surface area contributed by atoms with E-state index in [2.05, 4.69) is 10.1 Å². The molecule has 0 radical (unpaired) electrons. The molecule has 0 aliphatic rings. The Bertz CT molecular complexity index is 1210. The Morgan fingerprint density at radius 1 is 1.12 bits per heavy atom. The maximum atomic E-state index is 12.6. The van der Waals surface area contributed by atoms with Gasteiger partial charge in [-0.2, -0.15) is 9.50 Å². The zero-order valence-corrected chi connectivity index (χ0v) is 15.4. The molecule has 0 fully saturated rings. The molecule has 4 aromatic rings. The molecule has 0 aliphatic carbocycles. The summed E-state index contributed by atoms with van der Waals surface area (Å²) in [6.45, 7) is 2.01. The van der Waals surface area contributed by atoms with Crippen LogP contribution in [0.3, 0.4) is 0 Å². The molecule has 0 unspecified atom stereocenters. The number of hydrogen-bond donors (Lipinski definition) is 0. The smallest absolute Gasteiger partial charge is 0.266 e. The maximum Gasteiger partial charge on any atom is 0.291 e. The van der Waals surface area contributed by atoms with Gasteiger partial charge in [0, 0.05) is 5.56 Å². The Morgan fingerprint density at radius 2 is 1.96 bits per heavy atom. The van der Waals surface area contributed by atoms with Gasteiger partial charge < -0.3 is 0 Å². The van der Waals surface area contributed by atoms with Gasteiger partial charge in [0.1, 0.15) is 0 Å². The molecule has 7 heteroatoms. The van der Waals surface area contributed by atoms with Crippen molar-refractivity contribution in [3.05, 3.63) is 78.5 Å². The fourth-order valence-electron chi connectivity index (χ4n) is 2.49. The molecule has 2 aromatic carbocycles. The van der Waals surface area contributed by atoms with Gasteiger partial charge >= 0.3 is 0 Å². The Kier molecular flexibility index (Phi) is 4.07. The van der Waals surface area contributed by atoms with Crippen LogP contribution in [0.15, 0.2) is 47.3 Å². The minimum atomic E-state index is -0.197. The SMILES string of the molecule is Cc1cccc(-c2nc3s/c(=C\c4ccc(Cl)c(Cl)c4)c(=O)n3n2)c1. The van der Waals surface area contributed by atoms with Crippen LogP contribution in [-0.4, -0.2) is 14.6 Å². The Hall–Kier alpha value is -2.21. The van der Waals surface area contributed by atoms with E-state index in [9.17, 15) is 4.79 Å². The minimum Gasteiger partial charge on any atom is -0.266 e. The second kappa shape index (κ2) is 6.26. The average Bonchev–Trinajstić information content (AvgIpc) is 3.12. The summed E-state index contributed by atoms with van der Waals surface area (Å²) in [4.78, 5) is 17.6. The van der Waals surface area contributed by atoms with E-state index in [1.165, 1.54) is 15.9 Å². The molecule has 4 nitrogen and oxygen atoms in total. The van der Waals surface area contributed by atoms with Crippen LogP contribution in [0.5, 0.6) is 0 Å². The standard InChI is InChI=1S/C18H11Cl2N3OS/c1-10-3-2-4-12(7-10)16-21-18-23(22-16)17(24)15(25-18)9-11-5-6-13(19)14(20)8-11/h2-9H,1H3/b15-9-. The largest absolute Gasteiger partial charge is 0.291 e. The predicted molar refractivity (Wildman–Crippen MR) is 103 cm³/mol. The van der Waals surface area contributed by atoms with Gasteiger partial charge in [0.25, 0.3) is 5.56 Å². The molecule has 0 N–H and O–H groups in total. The third-order valence-electron chi connectivity index (χ3n) is 3.70. The van der Waals surface area contributed by atoms with E-state index in [4.69, 9.17) is 23.2 Å². The summed E-state index contributed by atoms with van der Waals surface area (Å²) >= 11 is 13.2. The first-order valence-corrected chi connectivity index (χ1v) is 9.02. The monoisotopic (exact) mass is 387 g/mol. The molecule has 2 aromatic heterocycles. The number of fused-ring (bicyclic) bond motifs is 1. The molecule has 0 spiro atoms. The van der Waals surface area contributed by atoms with Crippen LogP contribution in [0, 0.1) is 6.92 Å². The van der Waals surface area contributed by atoms with Crippen molar-refractivity contribution in [2.45, 2.75) is 6.92 Å². The number of aromatic nitrogens is 3. The Balaban J connectivity index is 1.81. The van der Waals surface area contributed by atoms with Crippen LogP contribution < -0.4 is 10.1 Å². The highest BCUT2D eigenvalue weighted by Crippen LogP contribution is 2.23. The average molecular weight is 388 g/mol.